The summed E-state index contributed by atoms with van der Waals surface area (Å²) in [5.41, 5.74) is 1.65. The normalized spacial score (nSPS) is 15.0. The Morgan fingerprint density at radius 3 is 2.03 bits per heavy atom. The molecule has 3 rings (SSSR count). The summed E-state index contributed by atoms with van der Waals surface area (Å²) >= 11 is 0. The monoisotopic (exact) mass is 434 g/mol. The van der Waals surface area contributed by atoms with Gasteiger partial charge in [-0.3, -0.25) is 4.90 Å². The maximum atomic E-state index is 12.5. The number of rotatable bonds is 7. The van der Waals surface area contributed by atoms with Crippen molar-refractivity contribution in [3.63, 3.8) is 0 Å². The van der Waals surface area contributed by atoms with E-state index in [0.29, 0.717) is 13.0 Å². The van der Waals surface area contributed by atoms with Gasteiger partial charge in [-0.15, -0.1) is 0 Å². The molecule has 1 atom stereocenters. The average Bonchev–Trinajstić information content (AvgIpc) is 3.25. The van der Waals surface area contributed by atoms with Gasteiger partial charge in [0.05, 0.1) is 18.6 Å². The molecule has 31 heavy (non-hydrogen) atoms. The number of carboxylic acid groups (broad SMARTS) is 1. The maximum absolute atomic E-state index is 12.5. The Balaban J connectivity index is 0.00000341. The minimum absolute atomic E-state index is 0. The Hall–Kier alpha value is -2.55. The number of aliphatic carboxylic acids is 1. The standard InChI is InChI=1S/C22H24N2O6.Na/c25-20(26)14-24(22(28)30-16-18-9-5-2-6-10-18)19-11-12-23(13-19)21(27)29-15-17-7-3-1-4-8-17;/h1-10,19H,11-16H2,(H,25,26);/q;+1/p-1/t19-;/m0./s1. The van der Waals surface area contributed by atoms with Crippen molar-refractivity contribution in [2.24, 2.45) is 0 Å². The second-order valence-electron chi connectivity index (χ2n) is 6.97. The van der Waals surface area contributed by atoms with Gasteiger partial charge in [0.2, 0.25) is 0 Å². The van der Waals surface area contributed by atoms with E-state index in [-0.39, 0.29) is 49.3 Å². The number of amides is 2. The molecule has 9 heteroatoms. The molecule has 0 radical (unpaired) electrons. The molecule has 2 aromatic rings. The van der Waals surface area contributed by atoms with Crippen molar-refractivity contribution >= 4 is 18.2 Å². The predicted octanol–water partition coefficient (Wildman–Crippen LogP) is -1.21. The zero-order valence-corrected chi connectivity index (χ0v) is 19.4. The summed E-state index contributed by atoms with van der Waals surface area (Å²) in [6.07, 6.45) is -0.839. The van der Waals surface area contributed by atoms with Gasteiger partial charge in [0.25, 0.3) is 0 Å². The number of carbonyl (C=O) groups is 3. The van der Waals surface area contributed by atoms with Crippen molar-refractivity contribution in [1.29, 1.82) is 0 Å². The van der Waals surface area contributed by atoms with Crippen molar-refractivity contribution in [2.45, 2.75) is 25.7 Å². The number of ether oxygens (including phenoxy) is 2. The topological polar surface area (TPSA) is 99.2 Å². The Morgan fingerprint density at radius 2 is 1.48 bits per heavy atom. The summed E-state index contributed by atoms with van der Waals surface area (Å²) in [6.45, 7) is 0.0851. The van der Waals surface area contributed by atoms with E-state index in [2.05, 4.69) is 0 Å². The van der Waals surface area contributed by atoms with E-state index < -0.39 is 30.7 Å². The van der Waals surface area contributed by atoms with Gasteiger partial charge in [0.15, 0.2) is 0 Å². The predicted molar refractivity (Wildman–Crippen MR) is 105 cm³/mol. The molecule has 1 heterocycles. The second kappa shape index (κ2) is 12.3. The maximum Gasteiger partial charge on any atom is 1.00 e. The van der Waals surface area contributed by atoms with Crippen LogP contribution in [0.3, 0.4) is 0 Å². The fourth-order valence-electron chi connectivity index (χ4n) is 3.26. The minimum Gasteiger partial charge on any atom is -0.548 e. The van der Waals surface area contributed by atoms with Crippen molar-refractivity contribution in [3.05, 3.63) is 71.8 Å². The molecular weight excluding hydrogens is 411 g/mol. The van der Waals surface area contributed by atoms with Gasteiger partial charge in [0.1, 0.15) is 13.2 Å². The first-order chi connectivity index (χ1) is 14.5. The van der Waals surface area contributed by atoms with Crippen LogP contribution in [0.15, 0.2) is 60.7 Å². The molecule has 2 aromatic carbocycles. The summed E-state index contributed by atoms with van der Waals surface area (Å²) in [7, 11) is 0. The third kappa shape index (κ3) is 7.57. The number of hydrogen-bond acceptors (Lipinski definition) is 6. The largest absolute Gasteiger partial charge is 1.00 e. The average molecular weight is 434 g/mol. The van der Waals surface area contributed by atoms with Crippen molar-refractivity contribution in [1.82, 2.24) is 9.80 Å². The zero-order valence-electron chi connectivity index (χ0n) is 17.4. The minimum atomic E-state index is -1.39. The van der Waals surface area contributed by atoms with Crippen LogP contribution in [0.25, 0.3) is 0 Å². The van der Waals surface area contributed by atoms with Crippen LogP contribution in [0, 0.1) is 0 Å². The van der Waals surface area contributed by atoms with Crippen molar-refractivity contribution < 1.29 is 58.5 Å². The summed E-state index contributed by atoms with van der Waals surface area (Å²) in [5, 5.41) is 11.2. The molecule has 1 aliphatic heterocycles. The molecular formula is C22H23N2NaO6. The van der Waals surface area contributed by atoms with Crippen LogP contribution in [0.2, 0.25) is 0 Å². The molecule has 0 unspecified atom stereocenters. The molecule has 8 nitrogen and oxygen atoms in total. The molecule has 0 aliphatic carbocycles. The molecule has 0 bridgehead atoms. The summed E-state index contributed by atoms with van der Waals surface area (Å²) in [5.74, 6) is -1.39. The van der Waals surface area contributed by atoms with Gasteiger partial charge in [0, 0.05) is 13.1 Å². The number of benzene rings is 2. The Labute approximate surface area is 203 Å². The van der Waals surface area contributed by atoms with Gasteiger partial charge in [-0.05, 0) is 17.5 Å². The quantitative estimate of drug-likeness (QED) is 0.507. The van der Waals surface area contributed by atoms with Gasteiger partial charge in [-0.1, -0.05) is 60.7 Å². The van der Waals surface area contributed by atoms with E-state index in [1.807, 2.05) is 48.5 Å². The van der Waals surface area contributed by atoms with E-state index in [1.165, 1.54) is 4.90 Å². The van der Waals surface area contributed by atoms with Crippen LogP contribution >= 0.6 is 0 Å². The van der Waals surface area contributed by atoms with Crippen molar-refractivity contribution in [3.8, 4) is 0 Å². The smallest absolute Gasteiger partial charge is 0.548 e. The first-order valence-electron chi connectivity index (χ1n) is 9.65. The molecule has 1 aliphatic rings. The zero-order chi connectivity index (χ0) is 21.3. The van der Waals surface area contributed by atoms with E-state index in [1.54, 1.807) is 12.1 Å². The Kier molecular flexibility index (Phi) is 9.84. The number of carboxylic acids is 1. The van der Waals surface area contributed by atoms with Gasteiger partial charge in [-0.2, -0.15) is 0 Å². The molecule has 0 spiro atoms. The summed E-state index contributed by atoms with van der Waals surface area (Å²) in [6, 6.07) is 17.9. The van der Waals surface area contributed by atoms with Crippen LogP contribution in [0.1, 0.15) is 17.5 Å². The molecule has 0 saturated carbocycles. The molecule has 1 fully saturated rings. The Bertz CT molecular complexity index is 865. The van der Waals surface area contributed by atoms with Crippen LogP contribution in [-0.2, 0) is 27.5 Å². The molecule has 158 valence electrons. The summed E-state index contributed by atoms with van der Waals surface area (Å²) in [4.78, 5) is 38.5. The van der Waals surface area contributed by atoms with E-state index in [0.717, 1.165) is 16.0 Å². The third-order valence-corrected chi connectivity index (χ3v) is 4.81. The van der Waals surface area contributed by atoms with E-state index in [9.17, 15) is 19.5 Å². The van der Waals surface area contributed by atoms with Crippen LogP contribution < -0.4 is 34.7 Å². The van der Waals surface area contributed by atoms with E-state index >= 15 is 0 Å². The van der Waals surface area contributed by atoms with Crippen LogP contribution in [0.4, 0.5) is 9.59 Å². The van der Waals surface area contributed by atoms with Crippen LogP contribution in [0.5, 0.6) is 0 Å². The Morgan fingerprint density at radius 1 is 0.935 bits per heavy atom. The van der Waals surface area contributed by atoms with Crippen molar-refractivity contribution in [2.75, 3.05) is 19.6 Å². The molecule has 1 saturated heterocycles. The van der Waals surface area contributed by atoms with E-state index in [4.69, 9.17) is 9.47 Å². The van der Waals surface area contributed by atoms with Gasteiger partial charge in [-0.25, -0.2) is 9.59 Å². The number of likely N-dealkylation sites (tertiary alicyclic amines) is 1. The molecule has 0 aromatic heterocycles. The first kappa shape index (κ1) is 24.7. The molecule has 0 N–H and O–H groups in total. The number of nitrogens with zero attached hydrogens (tertiary/aromatic N) is 2. The number of hydrogen-bond donors (Lipinski definition) is 0. The third-order valence-electron chi connectivity index (χ3n) is 4.81. The molecule has 2 amide bonds. The SMILES string of the molecule is O=C([O-])CN(C(=O)OCc1ccccc1)[C@H]1CCN(C(=O)OCc2ccccc2)C1.[Na+]. The number of carbonyl (C=O) groups excluding carboxylic acids is 3. The second-order valence-corrected chi connectivity index (χ2v) is 6.97. The first-order valence-corrected chi connectivity index (χ1v) is 9.65. The summed E-state index contributed by atoms with van der Waals surface area (Å²) < 4.78 is 10.6. The fraction of sp³-hybridized carbons (Fsp3) is 0.318. The van der Waals surface area contributed by atoms with Gasteiger partial charge >= 0.3 is 41.7 Å². The van der Waals surface area contributed by atoms with Gasteiger partial charge < -0.3 is 24.3 Å². The fourth-order valence-corrected chi connectivity index (χ4v) is 3.26. The van der Waals surface area contributed by atoms with Crippen LogP contribution in [-0.4, -0.2) is 53.6 Å².